The summed E-state index contributed by atoms with van der Waals surface area (Å²) in [6.07, 6.45) is 0.355. The molecule has 27 heavy (non-hydrogen) atoms. The van der Waals surface area contributed by atoms with E-state index in [9.17, 15) is 18.7 Å². The molecule has 0 saturated carbocycles. The molecular formula is C18H18ClF2IN2O3. The molecule has 0 spiro atoms. The highest BCUT2D eigenvalue weighted by atomic mass is 127. The van der Waals surface area contributed by atoms with Crippen molar-refractivity contribution in [1.29, 1.82) is 0 Å². The maximum absolute atomic E-state index is 14.3. The molecule has 0 saturated heterocycles. The minimum Gasteiger partial charge on any atom is -0.393 e. The summed E-state index contributed by atoms with van der Waals surface area (Å²) >= 11 is 8.18. The number of halogens is 4. The Bertz CT molecular complexity index is 823. The van der Waals surface area contributed by atoms with Crippen molar-refractivity contribution in [3.05, 3.63) is 56.1 Å². The van der Waals surface area contributed by atoms with Gasteiger partial charge in [-0.1, -0.05) is 18.5 Å². The Morgan fingerprint density at radius 2 is 2.07 bits per heavy atom. The predicted molar refractivity (Wildman–Crippen MR) is 108 cm³/mol. The van der Waals surface area contributed by atoms with Crippen LogP contribution in [0.15, 0.2) is 30.3 Å². The van der Waals surface area contributed by atoms with Crippen LogP contribution >= 0.6 is 34.2 Å². The molecule has 2 aromatic carbocycles. The number of carbonyl (C=O) groups is 1. The maximum atomic E-state index is 14.3. The van der Waals surface area contributed by atoms with Crippen LogP contribution in [0, 0.1) is 15.2 Å². The van der Waals surface area contributed by atoms with Crippen LogP contribution in [-0.4, -0.2) is 23.7 Å². The van der Waals surface area contributed by atoms with Crippen LogP contribution in [0.5, 0.6) is 0 Å². The number of hydroxylamine groups is 1. The van der Waals surface area contributed by atoms with Crippen LogP contribution in [0.25, 0.3) is 0 Å². The van der Waals surface area contributed by atoms with Gasteiger partial charge in [0.05, 0.1) is 34.7 Å². The minimum atomic E-state index is -1.21. The zero-order valence-electron chi connectivity index (χ0n) is 14.4. The van der Waals surface area contributed by atoms with Gasteiger partial charge >= 0.3 is 0 Å². The second-order valence-electron chi connectivity index (χ2n) is 5.66. The summed E-state index contributed by atoms with van der Waals surface area (Å²) in [6, 6.07) is 6.96. The third kappa shape index (κ3) is 6.00. The van der Waals surface area contributed by atoms with Crippen molar-refractivity contribution in [1.82, 2.24) is 5.48 Å². The van der Waals surface area contributed by atoms with Crippen molar-refractivity contribution in [2.45, 2.75) is 25.9 Å². The highest BCUT2D eigenvalue weighted by Crippen LogP contribution is 2.31. The van der Waals surface area contributed by atoms with Gasteiger partial charge in [0.15, 0.2) is 11.6 Å². The lowest BCUT2D eigenvalue weighted by Crippen LogP contribution is -2.26. The third-order valence-corrected chi connectivity index (χ3v) is 4.70. The smallest absolute Gasteiger partial charge is 0.277 e. The lowest BCUT2D eigenvalue weighted by Gasteiger charge is -2.15. The van der Waals surface area contributed by atoms with Crippen molar-refractivity contribution >= 4 is 51.5 Å². The number of aliphatic hydroxyl groups excluding tert-OH is 1. The van der Waals surface area contributed by atoms with Gasteiger partial charge in [-0.3, -0.25) is 9.63 Å². The van der Waals surface area contributed by atoms with E-state index in [4.69, 9.17) is 16.4 Å². The van der Waals surface area contributed by atoms with Crippen LogP contribution in [-0.2, 0) is 4.84 Å². The molecule has 1 amide bonds. The van der Waals surface area contributed by atoms with E-state index in [1.165, 1.54) is 0 Å². The zero-order valence-corrected chi connectivity index (χ0v) is 17.3. The molecule has 0 heterocycles. The number of amides is 1. The van der Waals surface area contributed by atoms with Gasteiger partial charge in [-0.15, -0.1) is 0 Å². The van der Waals surface area contributed by atoms with Crippen molar-refractivity contribution in [3.8, 4) is 0 Å². The fourth-order valence-electron chi connectivity index (χ4n) is 2.16. The summed E-state index contributed by atoms with van der Waals surface area (Å²) in [6.45, 7) is 1.90. The van der Waals surface area contributed by atoms with E-state index < -0.39 is 23.6 Å². The first kappa shape index (κ1) is 21.8. The van der Waals surface area contributed by atoms with E-state index in [1.807, 2.05) is 6.92 Å². The standard InChI is InChI=1S/C18H18ClF2IN2O3/c1-2-11(25)7-8-27-24-18(26)12-4-5-14(20)16(21)17(12)23-15-6-3-10(22)9-13(15)19/h3-6,9,11,23,25H,2,7-8H2,1H3,(H,24,26). The molecule has 1 atom stereocenters. The third-order valence-electron chi connectivity index (χ3n) is 3.72. The highest BCUT2D eigenvalue weighted by molar-refractivity contribution is 14.1. The Morgan fingerprint density at radius 1 is 1.33 bits per heavy atom. The lowest BCUT2D eigenvalue weighted by molar-refractivity contribution is 0.0161. The van der Waals surface area contributed by atoms with Crippen LogP contribution in [0.1, 0.15) is 30.1 Å². The topological polar surface area (TPSA) is 70.6 Å². The first-order chi connectivity index (χ1) is 12.8. The molecular weight excluding hydrogens is 493 g/mol. The van der Waals surface area contributed by atoms with E-state index in [1.54, 1.807) is 18.2 Å². The molecule has 0 aliphatic heterocycles. The predicted octanol–water partition coefficient (Wildman–Crippen LogP) is 4.79. The molecule has 146 valence electrons. The summed E-state index contributed by atoms with van der Waals surface area (Å²) in [4.78, 5) is 17.3. The van der Waals surface area contributed by atoms with E-state index >= 15 is 0 Å². The molecule has 0 aromatic heterocycles. The van der Waals surface area contributed by atoms with Crippen LogP contribution in [0.3, 0.4) is 0 Å². The molecule has 0 aliphatic rings. The van der Waals surface area contributed by atoms with Crippen molar-refractivity contribution < 1.29 is 23.5 Å². The average molecular weight is 511 g/mol. The normalized spacial score (nSPS) is 11.9. The Labute approximate surface area is 174 Å². The molecule has 3 N–H and O–H groups in total. The lowest BCUT2D eigenvalue weighted by atomic mass is 10.1. The van der Waals surface area contributed by atoms with Crippen molar-refractivity contribution in [2.75, 3.05) is 11.9 Å². The number of rotatable bonds is 8. The summed E-state index contributed by atoms with van der Waals surface area (Å²) in [5.41, 5.74) is 1.98. The molecule has 2 rings (SSSR count). The Hall–Kier alpha value is -1.49. The van der Waals surface area contributed by atoms with E-state index in [-0.39, 0.29) is 17.9 Å². The number of anilines is 2. The summed E-state index contributed by atoms with van der Waals surface area (Å²) in [7, 11) is 0. The van der Waals surface area contributed by atoms with Gasteiger partial charge in [0.25, 0.3) is 5.91 Å². The fourth-order valence-corrected chi connectivity index (χ4v) is 3.06. The van der Waals surface area contributed by atoms with Gasteiger partial charge in [-0.25, -0.2) is 14.3 Å². The highest BCUT2D eigenvalue weighted by Gasteiger charge is 2.20. The number of carbonyl (C=O) groups excluding carboxylic acids is 1. The molecule has 1 unspecified atom stereocenters. The average Bonchev–Trinajstić information content (AvgIpc) is 2.64. The summed E-state index contributed by atoms with van der Waals surface area (Å²) in [5.74, 6) is -3.08. The molecule has 0 fully saturated rings. The number of aliphatic hydroxyl groups is 1. The van der Waals surface area contributed by atoms with Gasteiger partial charge in [0.2, 0.25) is 0 Å². The van der Waals surface area contributed by atoms with Crippen LogP contribution < -0.4 is 10.8 Å². The SMILES string of the molecule is CCC(O)CCONC(=O)c1ccc(F)c(F)c1Nc1ccc(I)cc1Cl. The first-order valence-electron chi connectivity index (χ1n) is 8.13. The number of benzene rings is 2. The maximum Gasteiger partial charge on any atom is 0.277 e. The van der Waals surface area contributed by atoms with Gasteiger partial charge in [0, 0.05) is 3.57 Å². The molecule has 5 nitrogen and oxygen atoms in total. The van der Waals surface area contributed by atoms with Crippen molar-refractivity contribution in [2.24, 2.45) is 0 Å². The number of nitrogens with one attached hydrogen (secondary N) is 2. The number of hydrogen-bond acceptors (Lipinski definition) is 4. The van der Waals surface area contributed by atoms with Crippen LogP contribution in [0.2, 0.25) is 5.02 Å². The van der Waals surface area contributed by atoms with Gasteiger partial charge in [0.1, 0.15) is 0 Å². The largest absolute Gasteiger partial charge is 0.393 e. The van der Waals surface area contributed by atoms with E-state index in [0.717, 1.165) is 15.7 Å². The Kier molecular flexibility index (Phi) is 8.21. The minimum absolute atomic E-state index is 0.0795. The van der Waals surface area contributed by atoms with Gasteiger partial charge in [-0.2, -0.15) is 0 Å². The zero-order chi connectivity index (χ0) is 20.0. The fraction of sp³-hybridized carbons (Fsp3) is 0.278. The molecule has 0 bridgehead atoms. The molecule has 2 aromatic rings. The van der Waals surface area contributed by atoms with Gasteiger partial charge in [-0.05, 0) is 65.8 Å². The Balaban J connectivity index is 2.19. The van der Waals surface area contributed by atoms with E-state index in [0.29, 0.717) is 23.6 Å². The molecule has 0 radical (unpaired) electrons. The second kappa shape index (κ2) is 10.2. The Morgan fingerprint density at radius 3 is 2.74 bits per heavy atom. The second-order valence-corrected chi connectivity index (χ2v) is 7.32. The molecule has 9 heteroatoms. The van der Waals surface area contributed by atoms with Gasteiger partial charge < -0.3 is 10.4 Å². The van der Waals surface area contributed by atoms with E-state index in [2.05, 4.69) is 33.4 Å². The summed E-state index contributed by atoms with van der Waals surface area (Å²) in [5, 5.41) is 12.4. The quantitative estimate of drug-likeness (QED) is 0.271. The summed E-state index contributed by atoms with van der Waals surface area (Å²) < 4.78 is 28.9. The number of hydrogen-bond donors (Lipinski definition) is 3. The molecule has 0 aliphatic carbocycles. The van der Waals surface area contributed by atoms with Crippen molar-refractivity contribution in [3.63, 3.8) is 0 Å². The monoisotopic (exact) mass is 510 g/mol. The first-order valence-corrected chi connectivity index (χ1v) is 9.59. The van der Waals surface area contributed by atoms with Crippen LogP contribution in [0.4, 0.5) is 20.2 Å².